The zero-order chi connectivity index (χ0) is 14.2. The van der Waals surface area contributed by atoms with Gasteiger partial charge in [0.2, 0.25) is 5.91 Å². The van der Waals surface area contributed by atoms with Gasteiger partial charge in [-0.1, -0.05) is 11.6 Å². The number of nitrogens with zero attached hydrogens (tertiary/aromatic N) is 2. The van der Waals surface area contributed by atoms with Crippen LogP contribution in [0.2, 0.25) is 5.02 Å². The van der Waals surface area contributed by atoms with E-state index in [4.69, 9.17) is 11.6 Å². The van der Waals surface area contributed by atoms with Gasteiger partial charge in [0.05, 0.1) is 15.2 Å². The van der Waals surface area contributed by atoms with Crippen LogP contribution >= 0.6 is 27.5 Å². The molecule has 5 nitrogen and oxygen atoms in total. The fourth-order valence-electron chi connectivity index (χ4n) is 2.95. The highest BCUT2D eigenvalue weighted by Crippen LogP contribution is 2.36. The number of rotatable bonds is 1. The number of carbonyl (C=O) groups is 1. The second-order valence-electron chi connectivity index (χ2n) is 5.20. The lowest BCUT2D eigenvalue weighted by molar-refractivity contribution is -0.130. The lowest BCUT2D eigenvalue weighted by Gasteiger charge is -2.44. The third kappa shape index (κ3) is 2.40. The third-order valence-electron chi connectivity index (χ3n) is 4.07. The standard InChI is InChI=1S/C13H16BrClN4O/c14-9-7-16-8-10(15)11(9)19-5-1-13(2-6-19)12(20)17-3-4-18-13/h7-8,18H,1-6H2,(H,17,20). The van der Waals surface area contributed by atoms with Crippen LogP contribution in [0.3, 0.4) is 0 Å². The molecule has 108 valence electrons. The first-order valence-electron chi connectivity index (χ1n) is 6.70. The Kier molecular flexibility index (Phi) is 3.88. The van der Waals surface area contributed by atoms with E-state index in [1.807, 2.05) is 0 Å². The van der Waals surface area contributed by atoms with Gasteiger partial charge < -0.3 is 15.5 Å². The van der Waals surface area contributed by atoms with Crippen molar-refractivity contribution in [3.63, 3.8) is 0 Å². The number of halogens is 2. The maximum Gasteiger partial charge on any atom is 0.240 e. The molecule has 3 heterocycles. The van der Waals surface area contributed by atoms with Crippen LogP contribution in [0.1, 0.15) is 12.8 Å². The summed E-state index contributed by atoms with van der Waals surface area (Å²) in [5.41, 5.74) is 0.563. The fourth-order valence-corrected chi connectivity index (χ4v) is 3.92. The fraction of sp³-hybridized carbons (Fsp3) is 0.538. The molecular weight excluding hydrogens is 344 g/mol. The average Bonchev–Trinajstić information content (AvgIpc) is 2.44. The first kappa shape index (κ1) is 14.1. The molecule has 2 saturated heterocycles. The largest absolute Gasteiger partial charge is 0.369 e. The molecule has 3 rings (SSSR count). The van der Waals surface area contributed by atoms with E-state index in [2.05, 4.69) is 36.4 Å². The van der Waals surface area contributed by atoms with Gasteiger partial charge in [0.15, 0.2) is 0 Å². The Hall–Kier alpha value is -0.850. The molecule has 1 aromatic rings. The molecule has 2 aliphatic rings. The molecule has 20 heavy (non-hydrogen) atoms. The lowest BCUT2D eigenvalue weighted by Crippen LogP contribution is -2.66. The van der Waals surface area contributed by atoms with Crippen LogP contribution in [-0.4, -0.2) is 42.6 Å². The van der Waals surface area contributed by atoms with Crippen molar-refractivity contribution in [3.05, 3.63) is 21.9 Å². The van der Waals surface area contributed by atoms with Gasteiger partial charge >= 0.3 is 0 Å². The first-order chi connectivity index (χ1) is 9.62. The number of amides is 1. The number of pyridine rings is 1. The third-order valence-corrected chi connectivity index (χ3v) is 4.93. The molecule has 2 fully saturated rings. The Morgan fingerprint density at radius 3 is 2.70 bits per heavy atom. The monoisotopic (exact) mass is 358 g/mol. The van der Waals surface area contributed by atoms with Crippen molar-refractivity contribution in [2.45, 2.75) is 18.4 Å². The second kappa shape index (κ2) is 5.50. The van der Waals surface area contributed by atoms with E-state index in [1.54, 1.807) is 12.4 Å². The highest BCUT2D eigenvalue weighted by atomic mass is 79.9. The maximum absolute atomic E-state index is 12.1. The summed E-state index contributed by atoms with van der Waals surface area (Å²) >= 11 is 9.74. The van der Waals surface area contributed by atoms with Crippen molar-refractivity contribution >= 4 is 39.1 Å². The van der Waals surface area contributed by atoms with Crippen molar-refractivity contribution in [2.24, 2.45) is 0 Å². The highest BCUT2D eigenvalue weighted by molar-refractivity contribution is 9.10. The summed E-state index contributed by atoms with van der Waals surface area (Å²) in [5.74, 6) is 0.128. The van der Waals surface area contributed by atoms with Crippen LogP contribution in [0.5, 0.6) is 0 Å². The SMILES string of the molecule is O=C1NCCNC12CCN(c1c(Cl)cncc1Br)CC2. The van der Waals surface area contributed by atoms with Crippen molar-refractivity contribution in [1.82, 2.24) is 15.6 Å². The first-order valence-corrected chi connectivity index (χ1v) is 7.87. The normalized spacial score (nSPS) is 21.9. The van der Waals surface area contributed by atoms with E-state index in [1.165, 1.54) is 0 Å². The van der Waals surface area contributed by atoms with Crippen molar-refractivity contribution in [1.29, 1.82) is 0 Å². The van der Waals surface area contributed by atoms with E-state index in [0.717, 1.165) is 42.6 Å². The summed E-state index contributed by atoms with van der Waals surface area (Å²) in [4.78, 5) is 18.4. The van der Waals surface area contributed by atoms with Crippen LogP contribution < -0.4 is 15.5 Å². The molecule has 7 heteroatoms. The van der Waals surface area contributed by atoms with Crippen molar-refractivity contribution in [3.8, 4) is 0 Å². The van der Waals surface area contributed by atoms with Gasteiger partial charge in [-0.15, -0.1) is 0 Å². The van der Waals surface area contributed by atoms with Crippen molar-refractivity contribution < 1.29 is 4.79 Å². The molecule has 0 unspecified atom stereocenters. The van der Waals surface area contributed by atoms with Gasteiger partial charge in [-0.2, -0.15) is 0 Å². The van der Waals surface area contributed by atoms with Gasteiger partial charge in [0, 0.05) is 38.6 Å². The summed E-state index contributed by atoms with van der Waals surface area (Å²) in [6, 6.07) is 0. The Morgan fingerprint density at radius 1 is 1.30 bits per heavy atom. The van der Waals surface area contributed by atoms with E-state index >= 15 is 0 Å². The van der Waals surface area contributed by atoms with E-state index < -0.39 is 5.54 Å². The van der Waals surface area contributed by atoms with E-state index in [-0.39, 0.29) is 5.91 Å². The number of hydrogen-bond donors (Lipinski definition) is 2. The van der Waals surface area contributed by atoms with Gasteiger partial charge in [-0.3, -0.25) is 9.78 Å². The highest BCUT2D eigenvalue weighted by Gasteiger charge is 2.42. The smallest absolute Gasteiger partial charge is 0.240 e. The molecule has 1 aromatic heterocycles. The topological polar surface area (TPSA) is 57.3 Å². The van der Waals surface area contributed by atoms with Crippen LogP contribution in [0.4, 0.5) is 5.69 Å². The molecule has 0 aliphatic carbocycles. The number of nitrogens with one attached hydrogen (secondary N) is 2. The molecule has 0 saturated carbocycles. The predicted octanol–water partition coefficient (Wildman–Crippen LogP) is 1.56. The molecule has 1 spiro atoms. The molecule has 1 amide bonds. The zero-order valence-corrected chi connectivity index (χ0v) is 13.3. The second-order valence-corrected chi connectivity index (χ2v) is 6.47. The van der Waals surface area contributed by atoms with E-state index in [9.17, 15) is 4.79 Å². The summed E-state index contributed by atoms with van der Waals surface area (Å²) in [6.07, 6.45) is 4.96. The average molecular weight is 360 g/mol. The summed E-state index contributed by atoms with van der Waals surface area (Å²) < 4.78 is 0.891. The van der Waals surface area contributed by atoms with Crippen LogP contribution in [0, 0.1) is 0 Å². The minimum absolute atomic E-state index is 0.128. The number of piperazine rings is 1. The van der Waals surface area contributed by atoms with E-state index in [0.29, 0.717) is 11.6 Å². The summed E-state index contributed by atoms with van der Waals surface area (Å²) in [5, 5.41) is 6.98. The summed E-state index contributed by atoms with van der Waals surface area (Å²) in [7, 11) is 0. The molecule has 0 bridgehead atoms. The molecule has 0 aromatic carbocycles. The number of aromatic nitrogens is 1. The molecule has 0 atom stereocenters. The van der Waals surface area contributed by atoms with Gasteiger partial charge in [0.1, 0.15) is 5.54 Å². The lowest BCUT2D eigenvalue weighted by atomic mass is 9.85. The molecule has 2 N–H and O–H groups in total. The minimum Gasteiger partial charge on any atom is -0.369 e. The maximum atomic E-state index is 12.1. The zero-order valence-electron chi connectivity index (χ0n) is 11.0. The quantitative estimate of drug-likeness (QED) is 0.799. The van der Waals surface area contributed by atoms with Crippen LogP contribution in [0.25, 0.3) is 0 Å². The molecular formula is C13H16BrClN4O. The number of anilines is 1. The minimum atomic E-state index is -0.402. The predicted molar refractivity (Wildman–Crippen MR) is 82.1 cm³/mol. The number of piperidine rings is 1. The Labute approximate surface area is 131 Å². The van der Waals surface area contributed by atoms with Gasteiger partial charge in [-0.25, -0.2) is 0 Å². The molecule has 0 radical (unpaired) electrons. The van der Waals surface area contributed by atoms with Crippen LogP contribution in [-0.2, 0) is 4.79 Å². The van der Waals surface area contributed by atoms with Gasteiger partial charge in [-0.05, 0) is 28.8 Å². The summed E-state index contributed by atoms with van der Waals surface area (Å²) in [6.45, 7) is 3.14. The Bertz CT molecular complexity index is 511. The van der Waals surface area contributed by atoms with Gasteiger partial charge in [0.25, 0.3) is 0 Å². The Balaban J connectivity index is 1.77. The molecule has 2 aliphatic heterocycles. The van der Waals surface area contributed by atoms with Crippen molar-refractivity contribution in [2.75, 3.05) is 31.1 Å². The number of hydrogen-bond acceptors (Lipinski definition) is 4. The number of carbonyl (C=O) groups excluding carboxylic acids is 1. The Morgan fingerprint density at radius 2 is 2.05 bits per heavy atom. The van der Waals surface area contributed by atoms with Crippen LogP contribution in [0.15, 0.2) is 16.9 Å².